The molecule has 0 radical (unpaired) electrons. The minimum Gasteiger partial charge on any atom is -0.494 e. The Balaban J connectivity index is 1.39. The average Bonchev–Trinajstić information content (AvgIpc) is 3.23. The van der Waals surface area contributed by atoms with Crippen LogP contribution in [-0.2, 0) is 6.61 Å². The first-order valence-electron chi connectivity index (χ1n) is 10.3. The Morgan fingerprint density at radius 1 is 1.06 bits per heavy atom. The van der Waals surface area contributed by atoms with E-state index in [1.165, 1.54) is 18.3 Å². The largest absolute Gasteiger partial charge is 0.494 e. The Kier molecular flexibility index (Phi) is 7.35. The standard InChI is InChI=1S/C25H19Cl2FN2O4/c1-2-32-19-7-8-22-17(11-19)12-23(34-22)25(31)30-29-13-16-9-20(26)24(21(27)10-16)33-14-15-3-5-18(28)6-4-15/h3-13H,2,14H2,1H3,(H,30,31)/b29-13+. The summed E-state index contributed by atoms with van der Waals surface area (Å²) in [6, 6.07) is 16.0. The van der Waals surface area contributed by atoms with Crippen LogP contribution in [0.5, 0.6) is 11.5 Å². The summed E-state index contributed by atoms with van der Waals surface area (Å²) in [4.78, 5) is 12.4. The van der Waals surface area contributed by atoms with Gasteiger partial charge in [0.05, 0.1) is 22.9 Å². The summed E-state index contributed by atoms with van der Waals surface area (Å²) in [5.74, 6) is 0.261. The van der Waals surface area contributed by atoms with Crippen LogP contribution in [0, 0.1) is 5.82 Å². The van der Waals surface area contributed by atoms with Crippen molar-refractivity contribution in [2.45, 2.75) is 13.5 Å². The maximum atomic E-state index is 13.0. The Morgan fingerprint density at radius 3 is 2.50 bits per heavy atom. The highest BCUT2D eigenvalue weighted by Crippen LogP contribution is 2.34. The first kappa shape index (κ1) is 23.6. The number of amides is 1. The van der Waals surface area contributed by atoms with Crippen molar-refractivity contribution in [2.24, 2.45) is 5.10 Å². The summed E-state index contributed by atoms with van der Waals surface area (Å²) in [6.45, 7) is 2.61. The van der Waals surface area contributed by atoms with E-state index in [-0.39, 0.29) is 28.2 Å². The number of hydrazone groups is 1. The van der Waals surface area contributed by atoms with Gasteiger partial charge in [0.15, 0.2) is 11.5 Å². The highest BCUT2D eigenvalue weighted by atomic mass is 35.5. The molecule has 0 spiro atoms. The fourth-order valence-electron chi connectivity index (χ4n) is 3.14. The number of hydrogen-bond donors (Lipinski definition) is 1. The molecule has 0 bridgehead atoms. The lowest BCUT2D eigenvalue weighted by molar-refractivity contribution is 0.0929. The molecule has 9 heteroatoms. The fourth-order valence-corrected chi connectivity index (χ4v) is 3.75. The summed E-state index contributed by atoms with van der Waals surface area (Å²) in [7, 11) is 0. The molecule has 1 aromatic heterocycles. The number of hydrogen-bond acceptors (Lipinski definition) is 5. The summed E-state index contributed by atoms with van der Waals surface area (Å²) in [5.41, 5.74) is 4.29. The molecule has 0 saturated heterocycles. The molecule has 4 rings (SSSR count). The maximum Gasteiger partial charge on any atom is 0.307 e. The zero-order valence-electron chi connectivity index (χ0n) is 18.0. The number of carbonyl (C=O) groups excluding carboxylic acids is 1. The van der Waals surface area contributed by atoms with Crippen molar-refractivity contribution >= 4 is 46.3 Å². The van der Waals surface area contributed by atoms with Crippen LogP contribution in [0.4, 0.5) is 4.39 Å². The Bertz CT molecular complexity index is 1330. The number of nitrogens with one attached hydrogen (secondary N) is 1. The average molecular weight is 501 g/mol. The lowest BCUT2D eigenvalue weighted by atomic mass is 10.2. The third-order valence-corrected chi connectivity index (χ3v) is 5.28. The predicted octanol–water partition coefficient (Wildman–Crippen LogP) is 6.62. The molecule has 0 aliphatic carbocycles. The zero-order valence-corrected chi connectivity index (χ0v) is 19.5. The second-order valence-corrected chi connectivity index (χ2v) is 7.99. The number of furan rings is 1. The molecule has 1 N–H and O–H groups in total. The molecule has 0 saturated carbocycles. The maximum absolute atomic E-state index is 13.0. The molecule has 4 aromatic rings. The van der Waals surface area contributed by atoms with Crippen molar-refractivity contribution < 1.29 is 23.1 Å². The minimum atomic E-state index is -0.512. The minimum absolute atomic E-state index is 0.112. The van der Waals surface area contributed by atoms with E-state index in [1.807, 2.05) is 6.92 Å². The van der Waals surface area contributed by atoms with E-state index in [9.17, 15) is 9.18 Å². The molecular weight excluding hydrogens is 482 g/mol. The van der Waals surface area contributed by atoms with Gasteiger partial charge in [-0.05, 0) is 66.6 Å². The summed E-state index contributed by atoms with van der Waals surface area (Å²) >= 11 is 12.6. The van der Waals surface area contributed by atoms with E-state index in [0.29, 0.717) is 29.3 Å². The van der Waals surface area contributed by atoms with Crippen LogP contribution in [0.1, 0.15) is 28.6 Å². The molecule has 34 heavy (non-hydrogen) atoms. The van der Waals surface area contributed by atoms with E-state index >= 15 is 0 Å². The van der Waals surface area contributed by atoms with E-state index in [2.05, 4.69) is 10.5 Å². The SMILES string of the molecule is CCOc1ccc2oc(C(=O)N/N=C/c3cc(Cl)c(OCc4ccc(F)cc4)c(Cl)c3)cc2c1. The van der Waals surface area contributed by atoms with Crippen molar-refractivity contribution in [3.63, 3.8) is 0 Å². The molecule has 3 aromatic carbocycles. The van der Waals surface area contributed by atoms with Crippen molar-refractivity contribution in [1.29, 1.82) is 0 Å². The van der Waals surface area contributed by atoms with E-state index in [0.717, 1.165) is 10.9 Å². The van der Waals surface area contributed by atoms with Crippen molar-refractivity contribution in [3.8, 4) is 11.5 Å². The molecule has 174 valence electrons. The van der Waals surface area contributed by atoms with Gasteiger partial charge in [0.2, 0.25) is 0 Å². The van der Waals surface area contributed by atoms with Crippen LogP contribution in [0.25, 0.3) is 11.0 Å². The number of benzene rings is 3. The molecule has 6 nitrogen and oxygen atoms in total. The number of ether oxygens (including phenoxy) is 2. The third-order valence-electron chi connectivity index (χ3n) is 4.72. The van der Waals surface area contributed by atoms with Crippen LogP contribution in [-0.4, -0.2) is 18.7 Å². The number of nitrogens with zero attached hydrogens (tertiary/aromatic N) is 1. The number of rotatable bonds is 8. The normalized spacial score (nSPS) is 11.2. The van der Waals surface area contributed by atoms with E-state index in [1.54, 1.807) is 48.5 Å². The first-order valence-corrected chi connectivity index (χ1v) is 11.0. The van der Waals surface area contributed by atoms with Crippen LogP contribution in [0.15, 0.2) is 70.2 Å². The molecule has 0 unspecified atom stereocenters. The molecule has 1 heterocycles. The molecule has 0 aliphatic heterocycles. The van der Waals surface area contributed by atoms with Crippen molar-refractivity contribution in [2.75, 3.05) is 6.61 Å². The second kappa shape index (κ2) is 10.6. The van der Waals surface area contributed by atoms with Crippen molar-refractivity contribution in [1.82, 2.24) is 5.43 Å². The lowest BCUT2D eigenvalue weighted by Gasteiger charge is -2.11. The molecule has 0 fully saturated rings. The Hall–Kier alpha value is -3.55. The van der Waals surface area contributed by atoms with Crippen LogP contribution < -0.4 is 14.9 Å². The molecule has 0 aliphatic rings. The molecule has 1 amide bonds. The van der Waals surface area contributed by atoms with Crippen molar-refractivity contribution in [3.05, 3.63) is 93.4 Å². The Morgan fingerprint density at radius 2 is 1.79 bits per heavy atom. The van der Waals surface area contributed by atoms with Crippen LogP contribution >= 0.6 is 23.2 Å². The molecule has 0 atom stereocenters. The number of fused-ring (bicyclic) bond motifs is 1. The third kappa shape index (κ3) is 5.68. The number of halogens is 3. The second-order valence-electron chi connectivity index (χ2n) is 7.17. The van der Waals surface area contributed by atoms with Crippen LogP contribution in [0.2, 0.25) is 10.0 Å². The zero-order chi connectivity index (χ0) is 24.1. The van der Waals surface area contributed by atoms with Gasteiger partial charge in [-0.3, -0.25) is 4.79 Å². The number of carbonyl (C=O) groups is 1. The lowest BCUT2D eigenvalue weighted by Crippen LogP contribution is -2.16. The van der Waals surface area contributed by atoms with E-state index in [4.69, 9.17) is 37.1 Å². The highest BCUT2D eigenvalue weighted by Gasteiger charge is 2.13. The van der Waals surface area contributed by atoms with Gasteiger partial charge in [0.1, 0.15) is 23.8 Å². The van der Waals surface area contributed by atoms with Gasteiger partial charge in [-0.15, -0.1) is 0 Å². The summed E-state index contributed by atoms with van der Waals surface area (Å²) < 4.78 is 29.7. The summed E-state index contributed by atoms with van der Waals surface area (Å²) in [5, 5.41) is 5.23. The Labute approximate surface area is 204 Å². The smallest absolute Gasteiger partial charge is 0.307 e. The van der Waals surface area contributed by atoms with Gasteiger partial charge in [-0.1, -0.05) is 35.3 Å². The van der Waals surface area contributed by atoms with Gasteiger partial charge in [0.25, 0.3) is 0 Å². The van der Waals surface area contributed by atoms with Crippen LogP contribution in [0.3, 0.4) is 0 Å². The molecular formula is C25H19Cl2FN2O4. The van der Waals surface area contributed by atoms with Gasteiger partial charge in [-0.2, -0.15) is 5.10 Å². The summed E-state index contributed by atoms with van der Waals surface area (Å²) in [6.07, 6.45) is 1.40. The quantitative estimate of drug-likeness (QED) is 0.218. The highest BCUT2D eigenvalue weighted by molar-refractivity contribution is 6.37. The monoisotopic (exact) mass is 500 g/mol. The van der Waals surface area contributed by atoms with Gasteiger partial charge in [-0.25, -0.2) is 9.82 Å². The van der Waals surface area contributed by atoms with E-state index < -0.39 is 5.91 Å². The first-order chi connectivity index (χ1) is 16.4. The van der Waals surface area contributed by atoms with Gasteiger partial charge >= 0.3 is 5.91 Å². The fraction of sp³-hybridized carbons (Fsp3) is 0.120. The topological polar surface area (TPSA) is 73.1 Å². The van der Waals surface area contributed by atoms with Gasteiger partial charge < -0.3 is 13.9 Å². The van der Waals surface area contributed by atoms with Gasteiger partial charge in [0, 0.05) is 5.39 Å². The predicted molar refractivity (Wildman–Crippen MR) is 130 cm³/mol.